The Bertz CT molecular complexity index is 888. The van der Waals surface area contributed by atoms with Crippen LogP contribution in [-0.2, 0) is 0 Å². The number of nitrogens with one attached hydrogen (secondary N) is 1. The van der Waals surface area contributed by atoms with Crippen LogP contribution in [0.5, 0.6) is 0 Å². The molecule has 0 aliphatic carbocycles. The van der Waals surface area contributed by atoms with Crippen LogP contribution in [0.15, 0.2) is 47.8 Å². The lowest BCUT2D eigenvalue weighted by molar-refractivity contribution is 0.313. The predicted molar refractivity (Wildman–Crippen MR) is 116 cm³/mol. The SMILES string of the molecule is Cc1cc(C)cc(Nc2nc(-c3ccc(N4CCN(C)CC4)cc3)cs2)c1. The van der Waals surface area contributed by atoms with Crippen molar-refractivity contribution in [2.45, 2.75) is 13.8 Å². The molecule has 1 aromatic heterocycles. The molecule has 1 saturated heterocycles. The zero-order chi connectivity index (χ0) is 18.8. The molecule has 1 N–H and O–H groups in total. The maximum atomic E-state index is 4.77. The minimum Gasteiger partial charge on any atom is -0.369 e. The van der Waals surface area contributed by atoms with E-state index < -0.39 is 0 Å². The number of aromatic nitrogens is 1. The minimum absolute atomic E-state index is 0.929. The Hall–Kier alpha value is -2.37. The van der Waals surface area contributed by atoms with Crippen molar-refractivity contribution < 1.29 is 0 Å². The van der Waals surface area contributed by atoms with Gasteiger partial charge in [0, 0.05) is 48.5 Å². The van der Waals surface area contributed by atoms with Gasteiger partial charge in [0.2, 0.25) is 0 Å². The highest BCUT2D eigenvalue weighted by atomic mass is 32.1. The van der Waals surface area contributed by atoms with Crippen molar-refractivity contribution in [3.63, 3.8) is 0 Å². The number of aryl methyl sites for hydroxylation is 2. The van der Waals surface area contributed by atoms with E-state index in [2.05, 4.69) is 83.9 Å². The highest BCUT2D eigenvalue weighted by Gasteiger charge is 2.14. The van der Waals surface area contributed by atoms with Crippen LogP contribution in [0.2, 0.25) is 0 Å². The summed E-state index contributed by atoms with van der Waals surface area (Å²) >= 11 is 1.65. The molecule has 0 saturated carbocycles. The zero-order valence-corrected chi connectivity index (χ0v) is 17.0. The molecular formula is C22H26N4S. The summed E-state index contributed by atoms with van der Waals surface area (Å²) in [6, 6.07) is 15.3. The molecule has 2 heterocycles. The first-order chi connectivity index (χ1) is 13.1. The highest BCUT2D eigenvalue weighted by Crippen LogP contribution is 2.29. The van der Waals surface area contributed by atoms with E-state index in [4.69, 9.17) is 4.98 Å². The molecule has 27 heavy (non-hydrogen) atoms. The van der Waals surface area contributed by atoms with Gasteiger partial charge in [-0.3, -0.25) is 0 Å². The molecule has 1 aliphatic rings. The van der Waals surface area contributed by atoms with Crippen molar-refractivity contribution >= 4 is 27.8 Å². The van der Waals surface area contributed by atoms with Gasteiger partial charge in [0.1, 0.15) is 0 Å². The number of likely N-dealkylation sites (N-methyl/N-ethyl adjacent to an activating group) is 1. The Labute approximate surface area is 165 Å². The summed E-state index contributed by atoms with van der Waals surface area (Å²) in [5.41, 5.74) is 7.10. The Morgan fingerprint density at radius 1 is 0.926 bits per heavy atom. The summed E-state index contributed by atoms with van der Waals surface area (Å²) in [5, 5.41) is 6.49. The van der Waals surface area contributed by atoms with Crippen LogP contribution >= 0.6 is 11.3 Å². The maximum absolute atomic E-state index is 4.77. The van der Waals surface area contributed by atoms with E-state index in [0.29, 0.717) is 0 Å². The second kappa shape index (κ2) is 7.71. The Morgan fingerprint density at radius 2 is 1.59 bits per heavy atom. The largest absolute Gasteiger partial charge is 0.369 e. The first-order valence-corrected chi connectivity index (χ1v) is 10.3. The van der Waals surface area contributed by atoms with Crippen LogP contribution in [0.4, 0.5) is 16.5 Å². The molecule has 5 heteroatoms. The topological polar surface area (TPSA) is 31.4 Å². The van der Waals surface area contributed by atoms with Gasteiger partial charge in [-0.2, -0.15) is 0 Å². The molecule has 3 aromatic rings. The fourth-order valence-corrected chi connectivity index (χ4v) is 4.28. The Kier molecular flexibility index (Phi) is 5.14. The van der Waals surface area contributed by atoms with Gasteiger partial charge in [-0.15, -0.1) is 11.3 Å². The number of anilines is 3. The van der Waals surface area contributed by atoms with E-state index in [-0.39, 0.29) is 0 Å². The van der Waals surface area contributed by atoms with Gasteiger partial charge in [0.25, 0.3) is 0 Å². The van der Waals surface area contributed by atoms with Gasteiger partial charge in [-0.25, -0.2) is 4.98 Å². The molecule has 0 unspecified atom stereocenters. The van der Waals surface area contributed by atoms with E-state index >= 15 is 0 Å². The molecule has 140 valence electrons. The zero-order valence-electron chi connectivity index (χ0n) is 16.2. The van der Waals surface area contributed by atoms with Crippen LogP contribution in [0.1, 0.15) is 11.1 Å². The van der Waals surface area contributed by atoms with Gasteiger partial charge >= 0.3 is 0 Å². The number of rotatable bonds is 4. The van der Waals surface area contributed by atoms with Crippen LogP contribution < -0.4 is 10.2 Å². The Balaban J connectivity index is 1.46. The van der Waals surface area contributed by atoms with Crippen LogP contribution in [0.25, 0.3) is 11.3 Å². The molecular weight excluding hydrogens is 352 g/mol. The fourth-order valence-electron chi connectivity index (χ4n) is 3.54. The molecule has 0 amide bonds. The quantitative estimate of drug-likeness (QED) is 0.698. The third-order valence-electron chi connectivity index (χ3n) is 5.01. The first kappa shape index (κ1) is 18.0. The second-order valence-corrected chi connectivity index (χ2v) is 8.23. The lowest BCUT2D eigenvalue weighted by Gasteiger charge is -2.34. The van der Waals surface area contributed by atoms with Crippen molar-refractivity contribution in [3.8, 4) is 11.3 Å². The number of hydrogen-bond acceptors (Lipinski definition) is 5. The molecule has 0 atom stereocenters. The first-order valence-electron chi connectivity index (χ1n) is 9.41. The van der Waals surface area contributed by atoms with E-state index in [1.165, 1.54) is 16.8 Å². The summed E-state index contributed by atoms with van der Waals surface area (Å²) in [6.45, 7) is 8.68. The monoisotopic (exact) mass is 378 g/mol. The van der Waals surface area contributed by atoms with Crippen LogP contribution in [-0.4, -0.2) is 43.1 Å². The van der Waals surface area contributed by atoms with Gasteiger partial charge in [0.05, 0.1) is 5.69 Å². The number of piperazine rings is 1. The third kappa shape index (κ3) is 4.31. The molecule has 1 fully saturated rings. The fraction of sp³-hybridized carbons (Fsp3) is 0.318. The predicted octanol–water partition coefficient (Wildman–Crippen LogP) is 4.92. The van der Waals surface area contributed by atoms with Gasteiger partial charge in [-0.1, -0.05) is 18.2 Å². The molecule has 4 rings (SSSR count). The number of benzene rings is 2. The minimum atomic E-state index is 0.929. The average Bonchev–Trinajstić information content (AvgIpc) is 3.10. The summed E-state index contributed by atoms with van der Waals surface area (Å²) in [7, 11) is 2.19. The lowest BCUT2D eigenvalue weighted by Crippen LogP contribution is -2.44. The Morgan fingerprint density at radius 3 is 2.26 bits per heavy atom. The number of thiazole rings is 1. The highest BCUT2D eigenvalue weighted by molar-refractivity contribution is 7.14. The molecule has 0 radical (unpaired) electrons. The molecule has 0 spiro atoms. The van der Waals surface area contributed by atoms with Crippen molar-refractivity contribution in [1.82, 2.24) is 9.88 Å². The third-order valence-corrected chi connectivity index (χ3v) is 5.77. The summed E-state index contributed by atoms with van der Waals surface area (Å²) in [5.74, 6) is 0. The van der Waals surface area contributed by atoms with E-state index in [0.717, 1.165) is 48.3 Å². The van der Waals surface area contributed by atoms with Crippen molar-refractivity contribution in [2.24, 2.45) is 0 Å². The molecule has 4 nitrogen and oxygen atoms in total. The maximum Gasteiger partial charge on any atom is 0.187 e. The van der Waals surface area contributed by atoms with Gasteiger partial charge in [-0.05, 0) is 56.3 Å². The normalized spacial score (nSPS) is 15.1. The van der Waals surface area contributed by atoms with Crippen molar-refractivity contribution in [2.75, 3.05) is 43.4 Å². The van der Waals surface area contributed by atoms with Crippen LogP contribution in [0.3, 0.4) is 0 Å². The number of hydrogen-bond donors (Lipinski definition) is 1. The molecule has 0 bridgehead atoms. The second-order valence-electron chi connectivity index (χ2n) is 7.38. The van der Waals surface area contributed by atoms with Gasteiger partial charge in [0.15, 0.2) is 5.13 Å². The van der Waals surface area contributed by atoms with Crippen LogP contribution in [0, 0.1) is 13.8 Å². The molecule has 1 aliphatic heterocycles. The van der Waals surface area contributed by atoms with E-state index in [9.17, 15) is 0 Å². The molecule has 2 aromatic carbocycles. The van der Waals surface area contributed by atoms with Gasteiger partial charge < -0.3 is 15.1 Å². The van der Waals surface area contributed by atoms with E-state index in [1.807, 2.05) is 0 Å². The standard InChI is InChI=1S/C22H26N4S/c1-16-12-17(2)14-19(13-16)23-22-24-21(15-27-22)18-4-6-20(7-5-18)26-10-8-25(3)9-11-26/h4-7,12-15H,8-11H2,1-3H3,(H,23,24). The van der Waals surface area contributed by atoms with E-state index in [1.54, 1.807) is 11.3 Å². The summed E-state index contributed by atoms with van der Waals surface area (Å²) in [4.78, 5) is 9.61. The summed E-state index contributed by atoms with van der Waals surface area (Å²) < 4.78 is 0. The number of nitrogens with zero attached hydrogens (tertiary/aromatic N) is 3. The lowest BCUT2D eigenvalue weighted by atomic mass is 10.1. The smallest absolute Gasteiger partial charge is 0.187 e. The van der Waals surface area contributed by atoms with Crippen molar-refractivity contribution in [1.29, 1.82) is 0 Å². The average molecular weight is 379 g/mol. The summed E-state index contributed by atoms with van der Waals surface area (Å²) in [6.07, 6.45) is 0. The van der Waals surface area contributed by atoms with Crippen molar-refractivity contribution in [3.05, 3.63) is 59.0 Å².